The van der Waals surface area contributed by atoms with Crippen molar-refractivity contribution in [3.63, 3.8) is 0 Å². The Bertz CT molecular complexity index is 2010. The Morgan fingerprint density at radius 1 is 1.02 bits per heavy atom. The number of rotatable bonds is 4. The molecule has 1 amide bonds. The molecule has 0 bridgehead atoms. The van der Waals surface area contributed by atoms with Gasteiger partial charge in [0.15, 0.2) is 0 Å². The first-order valence-corrected chi connectivity index (χ1v) is 13.2. The molecule has 0 aliphatic heterocycles. The zero-order chi connectivity index (χ0) is 27.6. The van der Waals surface area contributed by atoms with Gasteiger partial charge in [-0.15, -0.1) is 11.3 Å². The maximum atomic E-state index is 14.1. The van der Waals surface area contributed by atoms with Crippen LogP contribution in [0.15, 0.2) is 89.6 Å². The maximum absolute atomic E-state index is 14.1. The largest absolute Gasteiger partial charge is 0.383 e. The van der Waals surface area contributed by atoms with Gasteiger partial charge in [0.05, 0.1) is 44.7 Å². The highest BCUT2D eigenvalue weighted by molar-refractivity contribution is 7.10. The van der Waals surface area contributed by atoms with Gasteiger partial charge in [0, 0.05) is 23.3 Å². The van der Waals surface area contributed by atoms with Crippen molar-refractivity contribution in [2.45, 2.75) is 13.0 Å². The van der Waals surface area contributed by atoms with Gasteiger partial charge in [0.2, 0.25) is 0 Å². The molecule has 9 nitrogen and oxygen atoms in total. The molecule has 4 heterocycles. The highest BCUT2D eigenvalue weighted by Gasteiger charge is 2.23. The van der Waals surface area contributed by atoms with Crippen molar-refractivity contribution in [2.75, 3.05) is 5.73 Å². The van der Waals surface area contributed by atoms with Crippen LogP contribution in [0.5, 0.6) is 0 Å². The molecule has 6 rings (SSSR count). The molecule has 10 heteroatoms. The summed E-state index contributed by atoms with van der Waals surface area (Å²) in [5.74, 6) is 6.12. The number of carbonyl (C=O) groups is 1. The first-order valence-electron chi connectivity index (χ1n) is 12.3. The minimum atomic E-state index is -0.685. The summed E-state index contributed by atoms with van der Waals surface area (Å²) >= 11 is 1.42. The average molecular weight is 544 g/mol. The van der Waals surface area contributed by atoms with Crippen LogP contribution in [-0.4, -0.2) is 30.4 Å². The van der Waals surface area contributed by atoms with Gasteiger partial charge < -0.3 is 11.1 Å². The molecule has 0 unspecified atom stereocenters. The van der Waals surface area contributed by atoms with E-state index in [1.54, 1.807) is 55.3 Å². The lowest BCUT2D eigenvalue weighted by Gasteiger charge is -2.20. The number of amides is 1. The monoisotopic (exact) mass is 543 g/mol. The lowest BCUT2D eigenvalue weighted by atomic mass is 10.1. The molecular formula is C30H21N7O2S. The van der Waals surface area contributed by atoms with Gasteiger partial charge >= 0.3 is 0 Å². The van der Waals surface area contributed by atoms with Crippen molar-refractivity contribution in [3.05, 3.63) is 117 Å². The molecule has 4 aromatic heterocycles. The third kappa shape index (κ3) is 4.55. The van der Waals surface area contributed by atoms with E-state index in [0.717, 1.165) is 4.88 Å². The van der Waals surface area contributed by atoms with Crippen LogP contribution in [0.2, 0.25) is 0 Å². The number of nitrogens with one attached hydrogen (secondary N) is 1. The number of benzene rings is 2. The smallest absolute Gasteiger partial charge is 0.267 e. The zero-order valence-electron chi connectivity index (χ0n) is 21.2. The summed E-state index contributed by atoms with van der Waals surface area (Å²) in [6.45, 7) is 1.76. The number of para-hydroxylation sites is 1. The molecule has 0 fully saturated rings. The van der Waals surface area contributed by atoms with Crippen LogP contribution in [0.3, 0.4) is 0 Å². The van der Waals surface area contributed by atoms with E-state index < -0.39 is 11.9 Å². The van der Waals surface area contributed by atoms with Crippen LogP contribution < -0.4 is 16.6 Å². The molecule has 1 atom stereocenters. The van der Waals surface area contributed by atoms with Crippen molar-refractivity contribution >= 4 is 44.9 Å². The summed E-state index contributed by atoms with van der Waals surface area (Å²) in [7, 11) is 0. The second-order valence-electron chi connectivity index (χ2n) is 8.92. The SMILES string of the molecule is C[C@@H](NC(=O)c1c(N)ncc2cccnc12)c1nc2cccc(C#Cc3cncs3)c2c(=O)n1-c1ccccc1. The fourth-order valence-electron chi connectivity index (χ4n) is 4.49. The summed E-state index contributed by atoms with van der Waals surface area (Å²) in [5.41, 5.74) is 9.75. The van der Waals surface area contributed by atoms with Crippen LogP contribution in [-0.2, 0) is 0 Å². The van der Waals surface area contributed by atoms with Gasteiger partial charge in [-0.3, -0.25) is 24.1 Å². The molecule has 194 valence electrons. The molecule has 0 saturated carbocycles. The number of nitrogens with two attached hydrogens (primary N) is 1. The first kappa shape index (κ1) is 24.9. The first-order chi connectivity index (χ1) is 19.5. The number of fused-ring (bicyclic) bond motifs is 2. The highest BCUT2D eigenvalue weighted by Crippen LogP contribution is 2.23. The summed E-state index contributed by atoms with van der Waals surface area (Å²) in [6.07, 6.45) is 4.85. The minimum Gasteiger partial charge on any atom is -0.383 e. The average Bonchev–Trinajstić information content (AvgIpc) is 3.50. The molecular weight excluding hydrogens is 522 g/mol. The molecule has 0 radical (unpaired) electrons. The molecule has 3 N–H and O–H groups in total. The number of thiazole rings is 1. The Hall–Kier alpha value is -5.40. The number of hydrogen-bond acceptors (Lipinski definition) is 8. The van der Waals surface area contributed by atoms with E-state index in [1.165, 1.54) is 15.9 Å². The van der Waals surface area contributed by atoms with Crippen molar-refractivity contribution in [1.29, 1.82) is 0 Å². The number of carbonyl (C=O) groups excluding carboxylic acids is 1. The van der Waals surface area contributed by atoms with Gasteiger partial charge in [0.1, 0.15) is 17.2 Å². The van der Waals surface area contributed by atoms with Crippen LogP contribution >= 0.6 is 11.3 Å². The van der Waals surface area contributed by atoms with E-state index in [-0.39, 0.29) is 16.9 Å². The highest BCUT2D eigenvalue weighted by atomic mass is 32.1. The molecule has 6 aromatic rings. The minimum absolute atomic E-state index is 0.0620. The molecule has 40 heavy (non-hydrogen) atoms. The fraction of sp³-hybridized carbons (Fsp3) is 0.0667. The molecule has 0 spiro atoms. The summed E-state index contributed by atoms with van der Waals surface area (Å²) in [6, 6.07) is 17.4. The fourth-order valence-corrected chi connectivity index (χ4v) is 4.95. The van der Waals surface area contributed by atoms with Crippen LogP contribution in [0, 0.1) is 11.8 Å². The number of pyridine rings is 2. The molecule has 0 aliphatic rings. The Kier molecular flexibility index (Phi) is 6.48. The molecule has 0 saturated heterocycles. The normalized spacial score (nSPS) is 11.6. The van der Waals surface area contributed by atoms with Gasteiger partial charge in [-0.1, -0.05) is 30.2 Å². The van der Waals surface area contributed by atoms with Crippen molar-refractivity contribution < 1.29 is 4.79 Å². The van der Waals surface area contributed by atoms with E-state index in [0.29, 0.717) is 38.9 Å². The molecule has 0 aliphatic carbocycles. The second-order valence-corrected chi connectivity index (χ2v) is 9.80. The van der Waals surface area contributed by atoms with Gasteiger partial charge in [0.25, 0.3) is 11.5 Å². The topological polar surface area (TPSA) is 129 Å². The third-order valence-electron chi connectivity index (χ3n) is 6.33. The summed E-state index contributed by atoms with van der Waals surface area (Å²) in [5, 5.41) is 4.02. The quantitative estimate of drug-likeness (QED) is 0.318. The second kappa shape index (κ2) is 10.4. The predicted molar refractivity (Wildman–Crippen MR) is 155 cm³/mol. The maximum Gasteiger partial charge on any atom is 0.267 e. The van der Waals surface area contributed by atoms with E-state index >= 15 is 0 Å². The Balaban J connectivity index is 1.49. The van der Waals surface area contributed by atoms with Crippen LogP contribution in [0.4, 0.5) is 5.82 Å². The van der Waals surface area contributed by atoms with Crippen LogP contribution in [0.1, 0.15) is 39.6 Å². The number of anilines is 1. The van der Waals surface area contributed by atoms with Gasteiger partial charge in [-0.2, -0.15) is 0 Å². The van der Waals surface area contributed by atoms with Crippen molar-refractivity contribution in [3.8, 4) is 17.5 Å². The van der Waals surface area contributed by atoms with Crippen molar-refractivity contribution in [2.24, 2.45) is 0 Å². The lowest BCUT2D eigenvalue weighted by Crippen LogP contribution is -2.34. The van der Waals surface area contributed by atoms with E-state index in [4.69, 9.17) is 10.7 Å². The van der Waals surface area contributed by atoms with Gasteiger partial charge in [-0.25, -0.2) is 9.97 Å². The number of hydrogen-bond donors (Lipinski definition) is 2. The number of nitrogens with zero attached hydrogens (tertiary/aromatic N) is 5. The standard InChI is InChI=1S/C30H21N7O2S/c1-18(35-29(38)25-26-20(8-6-14-33-26)15-34-27(25)31)28-36-23-11-5-7-19(12-13-22-16-32-17-40-22)24(23)30(39)37(28)21-9-3-2-4-10-21/h2-11,14-18H,1H3,(H2,31,34)(H,35,38)/t18-/m1/s1. The summed E-state index contributed by atoms with van der Waals surface area (Å²) < 4.78 is 1.51. The third-order valence-corrected chi connectivity index (χ3v) is 7.02. The Morgan fingerprint density at radius 2 is 1.88 bits per heavy atom. The van der Waals surface area contributed by atoms with E-state index in [9.17, 15) is 9.59 Å². The van der Waals surface area contributed by atoms with E-state index in [1.807, 2.05) is 36.4 Å². The summed E-state index contributed by atoms with van der Waals surface area (Å²) in [4.78, 5) is 45.8. The zero-order valence-corrected chi connectivity index (χ0v) is 22.0. The number of nitrogen functional groups attached to an aromatic ring is 1. The van der Waals surface area contributed by atoms with E-state index in [2.05, 4.69) is 32.1 Å². The lowest BCUT2D eigenvalue weighted by molar-refractivity contribution is 0.0940. The Labute approximate surface area is 232 Å². The van der Waals surface area contributed by atoms with Crippen molar-refractivity contribution in [1.82, 2.24) is 29.8 Å². The van der Waals surface area contributed by atoms with Crippen LogP contribution in [0.25, 0.3) is 27.5 Å². The Morgan fingerprint density at radius 3 is 2.67 bits per heavy atom. The predicted octanol–water partition coefficient (Wildman–Crippen LogP) is 4.26. The molecule has 2 aromatic carbocycles. The van der Waals surface area contributed by atoms with Gasteiger partial charge in [-0.05, 0) is 49.2 Å². The number of aromatic nitrogens is 5.